The number of imidazole rings is 1. The normalized spacial score (nSPS) is 20.0. The SMILES string of the molecule is Cc1cc2c(cc1CC(=O)O)nc(Nc1ccc(OC(C)C)cc1)n2C1CC(C)CC(C)(C)C1. The Balaban J connectivity index is 1.77. The van der Waals surface area contributed by atoms with Crippen LogP contribution in [-0.2, 0) is 11.2 Å². The Hall–Kier alpha value is -3.02. The predicted molar refractivity (Wildman–Crippen MR) is 137 cm³/mol. The van der Waals surface area contributed by atoms with Gasteiger partial charge in [-0.2, -0.15) is 0 Å². The molecule has 1 aromatic heterocycles. The topological polar surface area (TPSA) is 76.4 Å². The van der Waals surface area contributed by atoms with Crippen molar-refractivity contribution in [1.29, 1.82) is 0 Å². The van der Waals surface area contributed by atoms with E-state index in [0.29, 0.717) is 12.0 Å². The Morgan fingerprint density at radius 1 is 1.24 bits per heavy atom. The van der Waals surface area contributed by atoms with E-state index in [1.54, 1.807) is 0 Å². The molecule has 0 aliphatic heterocycles. The van der Waals surface area contributed by atoms with E-state index < -0.39 is 5.97 Å². The third kappa shape index (κ3) is 5.37. The number of nitrogens with one attached hydrogen (secondary N) is 1. The van der Waals surface area contributed by atoms with Gasteiger partial charge >= 0.3 is 5.97 Å². The minimum Gasteiger partial charge on any atom is -0.491 e. The van der Waals surface area contributed by atoms with Crippen LogP contribution in [0, 0.1) is 18.3 Å². The van der Waals surface area contributed by atoms with Crippen molar-refractivity contribution in [1.82, 2.24) is 9.55 Å². The predicted octanol–water partition coefficient (Wildman–Crippen LogP) is 6.89. The van der Waals surface area contributed by atoms with Gasteiger partial charge in [0.05, 0.1) is 23.6 Å². The van der Waals surface area contributed by atoms with Crippen LogP contribution in [0.3, 0.4) is 0 Å². The Morgan fingerprint density at radius 2 is 1.94 bits per heavy atom. The van der Waals surface area contributed by atoms with Gasteiger partial charge < -0.3 is 19.7 Å². The highest BCUT2D eigenvalue weighted by Crippen LogP contribution is 2.46. The molecule has 0 bridgehead atoms. The number of anilines is 2. The smallest absolute Gasteiger partial charge is 0.307 e. The average Bonchev–Trinajstić information content (AvgIpc) is 3.04. The average molecular weight is 464 g/mol. The molecule has 6 heteroatoms. The van der Waals surface area contributed by atoms with Gasteiger partial charge in [0.15, 0.2) is 0 Å². The van der Waals surface area contributed by atoms with E-state index in [1.165, 1.54) is 6.42 Å². The number of aryl methyl sites for hydroxylation is 1. The third-order valence-corrected chi connectivity index (χ3v) is 6.70. The number of hydrogen-bond acceptors (Lipinski definition) is 4. The van der Waals surface area contributed by atoms with Gasteiger partial charge in [-0.25, -0.2) is 4.98 Å². The van der Waals surface area contributed by atoms with Crippen molar-refractivity contribution in [3.63, 3.8) is 0 Å². The molecule has 4 rings (SSSR count). The molecule has 1 saturated carbocycles. The molecule has 2 N–H and O–H groups in total. The standard InChI is InChI=1S/C28H37N3O3/c1-17(2)34-23-9-7-21(8-10-23)29-27-30-24-13-20(14-26(32)33)19(4)12-25(24)31(27)22-11-18(3)15-28(5,6)16-22/h7-10,12-13,17-18,22H,11,14-16H2,1-6H3,(H,29,30)(H,32,33). The lowest BCUT2D eigenvalue weighted by atomic mass is 9.70. The molecule has 0 amide bonds. The summed E-state index contributed by atoms with van der Waals surface area (Å²) in [6, 6.07) is 12.3. The number of carboxylic acid groups (broad SMARTS) is 1. The Labute approximate surface area is 202 Å². The number of nitrogens with zero attached hydrogens (tertiary/aromatic N) is 2. The molecule has 0 spiro atoms. The summed E-state index contributed by atoms with van der Waals surface area (Å²) >= 11 is 0. The summed E-state index contributed by atoms with van der Waals surface area (Å²) in [6.45, 7) is 13.1. The number of hydrogen-bond donors (Lipinski definition) is 2. The molecule has 2 atom stereocenters. The van der Waals surface area contributed by atoms with Crippen LogP contribution in [0.15, 0.2) is 36.4 Å². The summed E-state index contributed by atoms with van der Waals surface area (Å²) < 4.78 is 8.13. The lowest BCUT2D eigenvalue weighted by molar-refractivity contribution is -0.136. The van der Waals surface area contributed by atoms with E-state index in [-0.39, 0.29) is 17.9 Å². The van der Waals surface area contributed by atoms with Crippen molar-refractivity contribution in [3.8, 4) is 5.75 Å². The second-order valence-corrected chi connectivity index (χ2v) is 11.0. The summed E-state index contributed by atoms with van der Waals surface area (Å²) in [5.74, 6) is 1.44. The molecule has 0 saturated heterocycles. The van der Waals surface area contributed by atoms with Crippen molar-refractivity contribution in [2.45, 2.75) is 79.4 Å². The van der Waals surface area contributed by atoms with Gasteiger partial charge in [-0.15, -0.1) is 0 Å². The van der Waals surface area contributed by atoms with E-state index in [2.05, 4.69) is 36.7 Å². The van der Waals surface area contributed by atoms with Crippen LogP contribution in [0.1, 0.15) is 71.0 Å². The second kappa shape index (κ2) is 9.32. The number of aliphatic carboxylic acids is 1. The van der Waals surface area contributed by atoms with Crippen LogP contribution in [0.25, 0.3) is 11.0 Å². The van der Waals surface area contributed by atoms with E-state index in [4.69, 9.17) is 9.72 Å². The van der Waals surface area contributed by atoms with E-state index >= 15 is 0 Å². The van der Waals surface area contributed by atoms with E-state index in [9.17, 15) is 9.90 Å². The highest BCUT2D eigenvalue weighted by atomic mass is 16.5. The summed E-state index contributed by atoms with van der Waals surface area (Å²) in [7, 11) is 0. The third-order valence-electron chi connectivity index (χ3n) is 6.70. The zero-order valence-corrected chi connectivity index (χ0v) is 21.2. The van der Waals surface area contributed by atoms with Crippen molar-refractivity contribution in [3.05, 3.63) is 47.5 Å². The van der Waals surface area contributed by atoms with Gasteiger partial charge in [-0.3, -0.25) is 4.79 Å². The number of benzene rings is 2. The van der Waals surface area contributed by atoms with Gasteiger partial charge in [0.25, 0.3) is 0 Å². The van der Waals surface area contributed by atoms with Gasteiger partial charge in [0.2, 0.25) is 5.95 Å². The fraction of sp³-hybridized carbons (Fsp3) is 0.500. The highest BCUT2D eigenvalue weighted by Gasteiger charge is 2.34. The summed E-state index contributed by atoms with van der Waals surface area (Å²) in [5, 5.41) is 12.9. The maximum absolute atomic E-state index is 11.4. The first-order chi connectivity index (χ1) is 16.0. The van der Waals surface area contributed by atoms with Gasteiger partial charge in [0.1, 0.15) is 5.75 Å². The van der Waals surface area contributed by atoms with Crippen LogP contribution >= 0.6 is 0 Å². The molecular weight excluding hydrogens is 426 g/mol. The number of carbonyl (C=O) groups is 1. The Bertz CT molecular complexity index is 1180. The van der Waals surface area contributed by atoms with Crippen molar-refractivity contribution >= 4 is 28.6 Å². The molecule has 2 unspecified atom stereocenters. The lowest BCUT2D eigenvalue weighted by Crippen LogP contribution is -2.29. The van der Waals surface area contributed by atoms with Crippen molar-refractivity contribution in [2.24, 2.45) is 11.3 Å². The van der Waals surface area contributed by atoms with Crippen LogP contribution in [0.4, 0.5) is 11.6 Å². The van der Waals surface area contributed by atoms with Crippen LogP contribution in [0.5, 0.6) is 5.75 Å². The molecule has 2 aromatic carbocycles. The van der Waals surface area contributed by atoms with E-state index in [1.807, 2.05) is 51.1 Å². The van der Waals surface area contributed by atoms with Crippen LogP contribution < -0.4 is 10.1 Å². The van der Waals surface area contributed by atoms with Gasteiger partial charge in [-0.1, -0.05) is 20.8 Å². The maximum atomic E-state index is 11.4. The molecule has 182 valence electrons. The fourth-order valence-electron chi connectivity index (χ4n) is 5.61. The van der Waals surface area contributed by atoms with Crippen LogP contribution in [0.2, 0.25) is 0 Å². The molecule has 34 heavy (non-hydrogen) atoms. The monoisotopic (exact) mass is 463 g/mol. The first kappa shape index (κ1) is 24.1. The number of aromatic nitrogens is 2. The van der Waals surface area contributed by atoms with Gasteiger partial charge in [0, 0.05) is 11.7 Å². The van der Waals surface area contributed by atoms with Crippen molar-refractivity contribution < 1.29 is 14.6 Å². The zero-order valence-electron chi connectivity index (χ0n) is 21.2. The minimum atomic E-state index is -0.827. The number of fused-ring (bicyclic) bond motifs is 1. The van der Waals surface area contributed by atoms with Gasteiger partial charge in [-0.05, 0) is 98.9 Å². The quantitative estimate of drug-likeness (QED) is 0.399. The lowest BCUT2D eigenvalue weighted by Gasteiger charge is -2.40. The minimum absolute atomic E-state index is 0.00218. The molecule has 3 aromatic rings. The summed E-state index contributed by atoms with van der Waals surface area (Å²) in [4.78, 5) is 16.3. The molecule has 1 aliphatic rings. The van der Waals surface area contributed by atoms with Crippen molar-refractivity contribution in [2.75, 3.05) is 5.32 Å². The molecule has 0 radical (unpaired) electrons. The Morgan fingerprint density at radius 3 is 2.56 bits per heavy atom. The highest BCUT2D eigenvalue weighted by molar-refractivity contribution is 5.83. The van der Waals surface area contributed by atoms with Crippen LogP contribution in [-0.4, -0.2) is 26.7 Å². The summed E-state index contributed by atoms with van der Waals surface area (Å²) in [5.41, 5.74) is 4.89. The van der Waals surface area contributed by atoms with E-state index in [0.717, 1.165) is 52.4 Å². The number of ether oxygens (including phenoxy) is 1. The Kier molecular flexibility index (Phi) is 6.61. The molecule has 1 aliphatic carbocycles. The largest absolute Gasteiger partial charge is 0.491 e. The number of rotatable bonds is 7. The fourth-order valence-corrected chi connectivity index (χ4v) is 5.61. The first-order valence-electron chi connectivity index (χ1n) is 12.3. The molecule has 1 heterocycles. The zero-order chi connectivity index (χ0) is 24.6. The molecule has 1 fully saturated rings. The first-order valence-corrected chi connectivity index (χ1v) is 12.3. The second-order valence-electron chi connectivity index (χ2n) is 11.0. The maximum Gasteiger partial charge on any atom is 0.307 e. The molecule has 6 nitrogen and oxygen atoms in total. The molecular formula is C28H37N3O3. The summed E-state index contributed by atoms with van der Waals surface area (Å²) in [6.07, 6.45) is 3.53. The number of carboxylic acids is 1.